The van der Waals surface area contributed by atoms with E-state index in [4.69, 9.17) is 11.6 Å². The van der Waals surface area contributed by atoms with Gasteiger partial charge in [-0.3, -0.25) is 4.79 Å². The molecule has 24 heavy (non-hydrogen) atoms. The minimum Gasteiger partial charge on any atom is -0.385 e. The van der Waals surface area contributed by atoms with E-state index in [-0.39, 0.29) is 11.8 Å². The number of amides is 1. The third kappa shape index (κ3) is 3.79. The van der Waals surface area contributed by atoms with Crippen LogP contribution in [0.5, 0.6) is 0 Å². The first-order valence-electron chi connectivity index (χ1n) is 8.22. The second-order valence-electron chi connectivity index (χ2n) is 6.39. The number of aliphatic hydroxyl groups excluding tert-OH is 1. The van der Waals surface area contributed by atoms with Crippen LogP contribution < -0.4 is 0 Å². The highest BCUT2D eigenvalue weighted by molar-refractivity contribution is 6.30. The molecule has 0 spiro atoms. The molecule has 1 aromatic carbocycles. The van der Waals surface area contributed by atoms with E-state index in [1.807, 2.05) is 34.8 Å². The number of carbonyl (C=O) groups is 1. The van der Waals surface area contributed by atoms with Gasteiger partial charge in [-0.2, -0.15) is 0 Å². The predicted octanol–water partition coefficient (Wildman–Crippen LogP) is 2.59. The van der Waals surface area contributed by atoms with E-state index >= 15 is 0 Å². The number of aromatic nitrogens is 2. The molecule has 0 saturated carbocycles. The molecule has 0 bridgehead atoms. The van der Waals surface area contributed by atoms with Crippen molar-refractivity contribution in [3.05, 3.63) is 53.1 Å². The van der Waals surface area contributed by atoms with Gasteiger partial charge in [-0.05, 0) is 30.5 Å². The van der Waals surface area contributed by atoms with E-state index in [1.54, 1.807) is 18.3 Å². The molecule has 0 aliphatic carbocycles. The zero-order valence-electron chi connectivity index (χ0n) is 13.7. The Balaban J connectivity index is 1.63. The molecule has 1 N–H and O–H groups in total. The van der Waals surface area contributed by atoms with Crippen LogP contribution in [-0.4, -0.2) is 38.6 Å². The molecule has 1 fully saturated rings. The lowest BCUT2D eigenvalue weighted by molar-refractivity contribution is -0.133. The van der Waals surface area contributed by atoms with E-state index < -0.39 is 6.10 Å². The summed E-state index contributed by atoms with van der Waals surface area (Å²) in [7, 11) is 1.87. The maximum absolute atomic E-state index is 12.6. The van der Waals surface area contributed by atoms with Crippen molar-refractivity contribution < 1.29 is 9.90 Å². The molecule has 6 heteroatoms. The van der Waals surface area contributed by atoms with Gasteiger partial charge in [0.2, 0.25) is 5.91 Å². The summed E-state index contributed by atoms with van der Waals surface area (Å²) >= 11 is 5.88. The topological polar surface area (TPSA) is 58.4 Å². The van der Waals surface area contributed by atoms with Crippen molar-refractivity contribution in [3.63, 3.8) is 0 Å². The number of carbonyl (C=O) groups excluding carboxylic acids is 1. The van der Waals surface area contributed by atoms with Gasteiger partial charge in [0.25, 0.3) is 0 Å². The number of aryl methyl sites for hydroxylation is 1. The van der Waals surface area contributed by atoms with Crippen LogP contribution in [0, 0.1) is 5.92 Å². The number of nitrogens with zero attached hydrogens (tertiary/aromatic N) is 3. The molecule has 2 aromatic rings. The summed E-state index contributed by atoms with van der Waals surface area (Å²) in [6.45, 7) is 1.32. The summed E-state index contributed by atoms with van der Waals surface area (Å²) in [5.74, 6) is 0.773. The average Bonchev–Trinajstić information content (AvgIpc) is 3.02. The van der Waals surface area contributed by atoms with Crippen molar-refractivity contribution in [2.45, 2.75) is 25.4 Å². The first-order chi connectivity index (χ1) is 11.5. The first kappa shape index (κ1) is 17.0. The monoisotopic (exact) mass is 347 g/mol. The predicted molar refractivity (Wildman–Crippen MR) is 92.6 cm³/mol. The zero-order valence-corrected chi connectivity index (χ0v) is 14.5. The standard InChI is InChI=1S/C18H22ClN3O2/c1-21-10-8-20-18(21)17(24)14-3-2-9-22(12-14)16(23)11-13-4-6-15(19)7-5-13/h4-8,10,14,17,24H,2-3,9,11-12H2,1H3. The van der Waals surface area contributed by atoms with Crippen molar-refractivity contribution in [1.82, 2.24) is 14.5 Å². The summed E-state index contributed by atoms with van der Waals surface area (Å²) in [4.78, 5) is 18.7. The van der Waals surface area contributed by atoms with Gasteiger partial charge in [0, 0.05) is 43.5 Å². The quantitative estimate of drug-likeness (QED) is 0.924. The molecule has 1 aliphatic rings. The summed E-state index contributed by atoms with van der Waals surface area (Å²) in [5, 5.41) is 11.3. The number of imidazole rings is 1. The molecule has 2 heterocycles. The second-order valence-corrected chi connectivity index (χ2v) is 6.82. The Bertz CT molecular complexity index is 699. The fourth-order valence-corrected chi connectivity index (χ4v) is 3.38. The summed E-state index contributed by atoms with van der Waals surface area (Å²) in [6.07, 6.45) is 5.03. The number of piperidine rings is 1. The molecule has 3 rings (SSSR count). The highest BCUT2D eigenvalue weighted by Crippen LogP contribution is 2.29. The van der Waals surface area contributed by atoms with Crippen LogP contribution in [0.2, 0.25) is 5.02 Å². The van der Waals surface area contributed by atoms with Crippen LogP contribution in [0.1, 0.15) is 30.3 Å². The number of aliphatic hydroxyl groups is 1. The number of likely N-dealkylation sites (tertiary alicyclic amines) is 1. The second kappa shape index (κ2) is 7.36. The van der Waals surface area contributed by atoms with Crippen LogP contribution in [0.25, 0.3) is 0 Å². The van der Waals surface area contributed by atoms with Gasteiger partial charge in [-0.15, -0.1) is 0 Å². The van der Waals surface area contributed by atoms with E-state index in [1.165, 1.54) is 0 Å². The maximum atomic E-state index is 12.6. The molecule has 2 atom stereocenters. The fraction of sp³-hybridized carbons (Fsp3) is 0.444. The van der Waals surface area contributed by atoms with Crippen LogP contribution in [-0.2, 0) is 18.3 Å². The lowest BCUT2D eigenvalue weighted by Crippen LogP contribution is -2.42. The van der Waals surface area contributed by atoms with E-state index in [9.17, 15) is 9.90 Å². The molecule has 1 aromatic heterocycles. The van der Waals surface area contributed by atoms with Gasteiger partial charge in [-0.25, -0.2) is 4.98 Å². The van der Waals surface area contributed by atoms with Crippen molar-refractivity contribution in [3.8, 4) is 0 Å². The molecule has 0 radical (unpaired) electrons. The SMILES string of the molecule is Cn1ccnc1C(O)C1CCCN(C(=O)Cc2ccc(Cl)cc2)C1. The number of benzene rings is 1. The molecule has 1 amide bonds. The van der Waals surface area contributed by atoms with E-state index in [0.717, 1.165) is 24.9 Å². The number of hydrogen-bond donors (Lipinski definition) is 1. The van der Waals surface area contributed by atoms with Crippen molar-refractivity contribution >= 4 is 17.5 Å². The fourth-order valence-electron chi connectivity index (χ4n) is 3.26. The molecule has 128 valence electrons. The van der Waals surface area contributed by atoms with Crippen molar-refractivity contribution in [2.75, 3.05) is 13.1 Å². The minimum absolute atomic E-state index is 0.0222. The number of hydrogen-bond acceptors (Lipinski definition) is 3. The average molecular weight is 348 g/mol. The number of rotatable bonds is 4. The Labute approximate surface area is 146 Å². The smallest absolute Gasteiger partial charge is 0.227 e. The third-order valence-electron chi connectivity index (χ3n) is 4.65. The molecular weight excluding hydrogens is 326 g/mol. The van der Waals surface area contributed by atoms with E-state index in [2.05, 4.69) is 4.98 Å². The van der Waals surface area contributed by atoms with Gasteiger partial charge in [0.15, 0.2) is 0 Å². The number of halogens is 1. The van der Waals surface area contributed by atoms with Gasteiger partial charge < -0.3 is 14.6 Å². The largest absolute Gasteiger partial charge is 0.385 e. The third-order valence-corrected chi connectivity index (χ3v) is 4.90. The highest BCUT2D eigenvalue weighted by atomic mass is 35.5. The van der Waals surface area contributed by atoms with Gasteiger partial charge in [-0.1, -0.05) is 23.7 Å². The minimum atomic E-state index is -0.642. The molecule has 5 nitrogen and oxygen atoms in total. The zero-order chi connectivity index (χ0) is 17.1. The van der Waals surface area contributed by atoms with Crippen LogP contribution >= 0.6 is 11.6 Å². The summed E-state index contributed by atoms with van der Waals surface area (Å²) < 4.78 is 1.83. The Morgan fingerprint density at radius 1 is 1.42 bits per heavy atom. The van der Waals surface area contributed by atoms with Crippen LogP contribution in [0.4, 0.5) is 0 Å². The molecule has 1 aliphatic heterocycles. The van der Waals surface area contributed by atoms with Crippen molar-refractivity contribution in [1.29, 1.82) is 0 Å². The maximum Gasteiger partial charge on any atom is 0.227 e. The molecular formula is C18H22ClN3O2. The summed E-state index contributed by atoms with van der Waals surface area (Å²) in [6, 6.07) is 7.36. The van der Waals surface area contributed by atoms with Crippen molar-refractivity contribution in [2.24, 2.45) is 13.0 Å². The van der Waals surface area contributed by atoms with E-state index in [0.29, 0.717) is 23.8 Å². The normalized spacial score (nSPS) is 19.3. The highest BCUT2D eigenvalue weighted by Gasteiger charge is 2.30. The Morgan fingerprint density at radius 3 is 2.83 bits per heavy atom. The Morgan fingerprint density at radius 2 is 2.17 bits per heavy atom. The lowest BCUT2D eigenvalue weighted by Gasteiger charge is -2.35. The molecule has 1 saturated heterocycles. The van der Waals surface area contributed by atoms with Crippen LogP contribution in [0.15, 0.2) is 36.7 Å². The van der Waals surface area contributed by atoms with Gasteiger partial charge in [0.05, 0.1) is 6.42 Å². The lowest BCUT2D eigenvalue weighted by atomic mass is 9.91. The van der Waals surface area contributed by atoms with Crippen LogP contribution in [0.3, 0.4) is 0 Å². The van der Waals surface area contributed by atoms with Gasteiger partial charge >= 0.3 is 0 Å². The van der Waals surface area contributed by atoms with Gasteiger partial charge in [0.1, 0.15) is 11.9 Å². The Kier molecular flexibility index (Phi) is 5.21. The first-order valence-corrected chi connectivity index (χ1v) is 8.60. The molecule has 2 unspecified atom stereocenters. The summed E-state index contributed by atoms with van der Waals surface area (Å²) in [5.41, 5.74) is 0.955. The Hall–Kier alpha value is -1.85.